The molecule has 0 aliphatic carbocycles. The van der Waals surface area contributed by atoms with Crippen molar-refractivity contribution in [1.29, 1.82) is 5.26 Å². The third kappa shape index (κ3) is 3.61. The smallest absolute Gasteiger partial charge is 0.282 e. The molecule has 5 aromatic rings. The fraction of sp³-hybridized carbons (Fsp3) is 0.0400. The zero-order chi connectivity index (χ0) is 21.9. The van der Waals surface area contributed by atoms with Gasteiger partial charge in [-0.05, 0) is 42.0 Å². The Morgan fingerprint density at radius 3 is 2.78 bits per heavy atom. The first-order valence-corrected chi connectivity index (χ1v) is 9.88. The van der Waals surface area contributed by atoms with Crippen LogP contribution >= 0.6 is 0 Å². The lowest BCUT2D eigenvalue weighted by Crippen LogP contribution is -2.20. The van der Waals surface area contributed by atoms with E-state index in [0.717, 1.165) is 5.39 Å². The third-order valence-corrected chi connectivity index (χ3v) is 4.88. The summed E-state index contributed by atoms with van der Waals surface area (Å²) in [6.45, 7) is -0.0507. The van der Waals surface area contributed by atoms with Crippen molar-refractivity contribution in [1.82, 2.24) is 9.66 Å². The van der Waals surface area contributed by atoms with Gasteiger partial charge in [-0.15, -0.1) is 0 Å². The van der Waals surface area contributed by atoms with Crippen LogP contribution in [0.3, 0.4) is 0 Å². The second-order valence-electron chi connectivity index (χ2n) is 6.98. The van der Waals surface area contributed by atoms with E-state index in [2.05, 4.69) is 10.1 Å². The maximum absolute atomic E-state index is 13.3. The predicted molar refractivity (Wildman–Crippen MR) is 122 cm³/mol. The molecule has 154 valence electrons. The number of fused-ring (bicyclic) bond motifs is 2. The standard InChI is InChI=1S/C25H16N4O3/c26-12-13-31-19-8-5-6-17(14-19)16-27-29-24(23-15-18-7-1-4-11-22(18)32-23)28-21-10-3-2-9-20(21)25(29)30/h1-11,14-16H,13H2. The van der Waals surface area contributed by atoms with Gasteiger partial charge in [0.2, 0.25) is 5.82 Å². The van der Waals surface area contributed by atoms with Crippen LogP contribution in [0.25, 0.3) is 33.5 Å². The zero-order valence-electron chi connectivity index (χ0n) is 16.8. The van der Waals surface area contributed by atoms with Gasteiger partial charge in [0.25, 0.3) is 5.56 Å². The van der Waals surface area contributed by atoms with Crippen molar-refractivity contribution in [3.8, 4) is 23.4 Å². The Labute approximate surface area is 182 Å². The lowest BCUT2D eigenvalue weighted by molar-refractivity contribution is 0.368. The Hall–Kier alpha value is -4.70. The lowest BCUT2D eigenvalue weighted by atomic mass is 10.2. The molecule has 2 heterocycles. The Kier molecular flexibility index (Phi) is 4.94. The third-order valence-electron chi connectivity index (χ3n) is 4.88. The molecule has 0 spiro atoms. The van der Waals surface area contributed by atoms with E-state index in [1.807, 2.05) is 48.5 Å². The summed E-state index contributed by atoms with van der Waals surface area (Å²) in [4.78, 5) is 17.9. The Bertz CT molecular complexity index is 1540. The summed E-state index contributed by atoms with van der Waals surface area (Å²) in [7, 11) is 0. The van der Waals surface area contributed by atoms with E-state index in [9.17, 15) is 4.79 Å². The number of rotatable bonds is 5. The van der Waals surface area contributed by atoms with Crippen LogP contribution in [0.15, 0.2) is 93.2 Å². The first-order valence-electron chi connectivity index (χ1n) is 9.88. The molecule has 0 N–H and O–H groups in total. The van der Waals surface area contributed by atoms with Crippen molar-refractivity contribution >= 4 is 28.1 Å². The van der Waals surface area contributed by atoms with E-state index in [4.69, 9.17) is 14.4 Å². The summed E-state index contributed by atoms with van der Waals surface area (Å²) >= 11 is 0. The fourth-order valence-corrected chi connectivity index (χ4v) is 3.41. The Balaban J connectivity index is 1.65. The normalized spacial score (nSPS) is 11.2. The maximum Gasteiger partial charge on any atom is 0.282 e. The SMILES string of the molecule is N#CCOc1cccc(C=Nn2c(-c3cc4ccccc4o3)nc3ccccc3c2=O)c1. The lowest BCUT2D eigenvalue weighted by Gasteiger charge is -2.07. The van der Waals surface area contributed by atoms with Gasteiger partial charge >= 0.3 is 0 Å². The molecule has 0 fully saturated rings. The number of nitrogens with zero attached hydrogens (tertiary/aromatic N) is 4. The second kappa shape index (κ2) is 8.20. The number of aromatic nitrogens is 2. The minimum atomic E-state index is -0.306. The molecule has 0 aliphatic rings. The van der Waals surface area contributed by atoms with Gasteiger partial charge in [0.1, 0.15) is 17.4 Å². The van der Waals surface area contributed by atoms with Crippen molar-refractivity contribution in [2.75, 3.05) is 6.61 Å². The molecule has 0 saturated heterocycles. The monoisotopic (exact) mass is 420 g/mol. The Morgan fingerprint density at radius 1 is 1.06 bits per heavy atom. The summed E-state index contributed by atoms with van der Waals surface area (Å²) in [5, 5.41) is 14.5. The quantitative estimate of drug-likeness (QED) is 0.388. The molecule has 0 saturated carbocycles. The van der Waals surface area contributed by atoms with Gasteiger partial charge in [0.05, 0.1) is 17.1 Å². The molecule has 7 nitrogen and oxygen atoms in total. The minimum Gasteiger partial charge on any atom is -0.479 e. The molecule has 5 rings (SSSR count). The van der Waals surface area contributed by atoms with Crippen molar-refractivity contribution in [2.24, 2.45) is 5.10 Å². The van der Waals surface area contributed by atoms with Crippen molar-refractivity contribution in [3.05, 3.63) is 94.8 Å². The molecule has 0 amide bonds. The van der Waals surface area contributed by atoms with Crippen LogP contribution in [0.4, 0.5) is 0 Å². The first-order chi connectivity index (χ1) is 15.7. The van der Waals surface area contributed by atoms with E-state index in [-0.39, 0.29) is 12.2 Å². The van der Waals surface area contributed by atoms with E-state index < -0.39 is 0 Å². The summed E-state index contributed by atoms with van der Waals surface area (Å²) < 4.78 is 12.5. The summed E-state index contributed by atoms with van der Waals surface area (Å²) in [5.74, 6) is 1.28. The molecule has 0 bridgehead atoms. The van der Waals surface area contributed by atoms with E-state index in [1.54, 1.807) is 42.6 Å². The van der Waals surface area contributed by atoms with E-state index in [0.29, 0.717) is 39.4 Å². The average molecular weight is 420 g/mol. The first kappa shape index (κ1) is 19.3. The largest absolute Gasteiger partial charge is 0.479 e. The molecule has 2 aromatic heterocycles. The molecule has 0 unspecified atom stereocenters. The number of para-hydroxylation sites is 2. The van der Waals surface area contributed by atoms with Gasteiger partial charge in [-0.2, -0.15) is 15.0 Å². The maximum atomic E-state index is 13.3. The molecular weight excluding hydrogens is 404 g/mol. The molecular formula is C25H16N4O3. The summed E-state index contributed by atoms with van der Waals surface area (Å²) in [5.41, 5.74) is 1.66. The van der Waals surface area contributed by atoms with Crippen molar-refractivity contribution in [3.63, 3.8) is 0 Å². The zero-order valence-corrected chi connectivity index (χ0v) is 16.8. The number of nitriles is 1. The van der Waals surface area contributed by atoms with Crippen LogP contribution < -0.4 is 10.3 Å². The van der Waals surface area contributed by atoms with Gasteiger partial charge in [0.15, 0.2) is 12.4 Å². The summed E-state index contributed by atoms with van der Waals surface area (Å²) in [6, 6.07) is 25.6. The fourth-order valence-electron chi connectivity index (χ4n) is 3.41. The van der Waals surface area contributed by atoms with Crippen molar-refractivity contribution in [2.45, 2.75) is 0 Å². The number of hydrogen-bond acceptors (Lipinski definition) is 6. The molecule has 7 heteroatoms. The van der Waals surface area contributed by atoms with Crippen LogP contribution in [-0.2, 0) is 0 Å². The van der Waals surface area contributed by atoms with Gasteiger partial charge in [-0.1, -0.05) is 42.5 Å². The van der Waals surface area contributed by atoms with Gasteiger partial charge in [-0.3, -0.25) is 4.79 Å². The summed E-state index contributed by atoms with van der Waals surface area (Å²) in [6.07, 6.45) is 1.54. The van der Waals surface area contributed by atoms with Crippen LogP contribution in [0, 0.1) is 11.3 Å². The highest BCUT2D eigenvalue weighted by atomic mass is 16.5. The average Bonchev–Trinajstić information content (AvgIpc) is 3.26. The van der Waals surface area contributed by atoms with E-state index >= 15 is 0 Å². The van der Waals surface area contributed by atoms with Crippen LogP contribution in [0.1, 0.15) is 5.56 Å². The number of hydrogen-bond donors (Lipinski definition) is 0. The number of furan rings is 1. The topological polar surface area (TPSA) is 93.4 Å². The highest BCUT2D eigenvalue weighted by Gasteiger charge is 2.16. The van der Waals surface area contributed by atoms with Crippen LogP contribution in [0.2, 0.25) is 0 Å². The highest BCUT2D eigenvalue weighted by Crippen LogP contribution is 2.27. The minimum absolute atomic E-state index is 0.0507. The van der Waals surface area contributed by atoms with Crippen molar-refractivity contribution < 1.29 is 9.15 Å². The number of ether oxygens (including phenoxy) is 1. The number of benzene rings is 3. The van der Waals surface area contributed by atoms with Gasteiger partial charge in [0, 0.05) is 5.39 Å². The highest BCUT2D eigenvalue weighted by molar-refractivity contribution is 5.84. The van der Waals surface area contributed by atoms with E-state index in [1.165, 1.54) is 4.68 Å². The second-order valence-corrected chi connectivity index (χ2v) is 6.98. The Morgan fingerprint density at radius 2 is 1.91 bits per heavy atom. The van der Waals surface area contributed by atoms with Crippen LogP contribution in [0.5, 0.6) is 5.75 Å². The molecule has 0 aliphatic heterocycles. The van der Waals surface area contributed by atoms with Gasteiger partial charge < -0.3 is 9.15 Å². The predicted octanol–water partition coefficient (Wildman–Crippen LogP) is 4.59. The molecule has 0 radical (unpaired) electrons. The van der Waals surface area contributed by atoms with Crippen LogP contribution in [-0.4, -0.2) is 22.5 Å². The molecule has 3 aromatic carbocycles. The molecule has 0 atom stereocenters. The van der Waals surface area contributed by atoms with Gasteiger partial charge in [-0.25, -0.2) is 4.98 Å². The molecule has 32 heavy (non-hydrogen) atoms.